The monoisotopic (exact) mass is 507 g/mol. The molecule has 0 aliphatic rings. The first kappa shape index (κ1) is 27.8. The third kappa shape index (κ3) is 9.51. The van der Waals surface area contributed by atoms with Crippen LogP contribution >= 0.6 is 15.0 Å². The van der Waals surface area contributed by atoms with E-state index in [-0.39, 0.29) is 17.3 Å². The van der Waals surface area contributed by atoms with Gasteiger partial charge in [-0.1, -0.05) is 10.6 Å². The van der Waals surface area contributed by atoms with Crippen molar-refractivity contribution in [3.8, 4) is 0 Å². The summed E-state index contributed by atoms with van der Waals surface area (Å²) < 4.78 is 100. The van der Waals surface area contributed by atoms with Crippen LogP contribution in [0.3, 0.4) is 0 Å². The molecule has 1 atom stereocenters. The molecule has 16 heteroatoms. The normalized spacial score (nSPS) is 12.6. The highest BCUT2D eigenvalue weighted by Gasteiger charge is 2.36. The van der Waals surface area contributed by atoms with Crippen molar-refractivity contribution in [1.29, 1.82) is 0 Å². The number of Topliss-reactive ketones (excluding diaryl/α,β-unsaturated/α-hetero) is 1. The highest BCUT2D eigenvalue weighted by molar-refractivity contribution is 8.19. The molecule has 0 radical (unpaired) electrons. The van der Waals surface area contributed by atoms with E-state index in [0.29, 0.717) is 12.1 Å². The fourth-order valence-electron chi connectivity index (χ4n) is 1.97. The minimum Gasteiger partial charge on any atom is -0.588 e. The van der Waals surface area contributed by atoms with Crippen LogP contribution in [0.5, 0.6) is 0 Å². The number of aromatic nitrogens is 1. The number of ketones is 1. The Balaban J connectivity index is 0.000000633. The maximum Gasteiger partial charge on any atom is 0.561 e. The van der Waals surface area contributed by atoms with E-state index in [0.717, 1.165) is 0 Å². The molecule has 1 aromatic heterocycles. The second-order valence-electron chi connectivity index (χ2n) is 5.80. The van der Waals surface area contributed by atoms with E-state index in [2.05, 4.69) is 4.98 Å². The molecule has 0 saturated carbocycles. The smallest absolute Gasteiger partial charge is 0.561 e. The Morgan fingerprint density at radius 1 is 1.06 bits per heavy atom. The predicted octanol–water partition coefficient (Wildman–Crippen LogP) is 3.70. The highest BCUT2D eigenvalue weighted by atomic mass is 32.1. The number of halogens is 6. The number of pyridine rings is 1. The number of carbonyl (C=O) groups excluding carboxylic acids is 1. The first-order valence-electron chi connectivity index (χ1n) is 8.02. The van der Waals surface area contributed by atoms with Crippen molar-refractivity contribution in [2.24, 2.45) is 0 Å². The lowest BCUT2D eigenvalue weighted by atomic mass is 10.1. The van der Waals surface area contributed by atoms with Crippen LogP contribution < -0.4 is 4.89 Å². The van der Waals surface area contributed by atoms with E-state index in [9.17, 15) is 45.2 Å². The van der Waals surface area contributed by atoms with Gasteiger partial charge in [-0.05, 0) is 35.9 Å². The van der Waals surface area contributed by atoms with Gasteiger partial charge in [0.15, 0.2) is 0 Å². The van der Waals surface area contributed by atoms with Crippen LogP contribution in [-0.4, -0.2) is 27.2 Å². The molecule has 8 nitrogen and oxygen atoms in total. The van der Waals surface area contributed by atoms with Crippen LogP contribution in [0.2, 0.25) is 0 Å². The highest BCUT2D eigenvalue weighted by Crippen LogP contribution is 2.56. The molecule has 1 unspecified atom stereocenters. The summed E-state index contributed by atoms with van der Waals surface area (Å²) in [6.07, 6.45) is -8.49. The molecule has 0 aliphatic heterocycles. The Hall–Kier alpha value is -2.21. The summed E-state index contributed by atoms with van der Waals surface area (Å²) in [5.41, 5.74) is -3.12. The Morgan fingerprint density at radius 2 is 1.56 bits per heavy atom. The van der Waals surface area contributed by atoms with Gasteiger partial charge in [0.2, 0.25) is 5.78 Å². The summed E-state index contributed by atoms with van der Waals surface area (Å²) in [5.74, 6) is -0.538. The largest absolute Gasteiger partial charge is 0.588 e. The first-order valence-corrected chi connectivity index (χ1v) is 11.5. The average molecular weight is 507 g/mol. The van der Waals surface area contributed by atoms with Crippen molar-refractivity contribution in [3.63, 3.8) is 0 Å². The van der Waals surface area contributed by atoms with Gasteiger partial charge in [0.05, 0.1) is 17.7 Å². The van der Waals surface area contributed by atoms with Crippen LogP contribution in [-0.2, 0) is 32.8 Å². The van der Waals surface area contributed by atoms with E-state index in [1.54, 1.807) is 12.1 Å². The Labute approximate surface area is 176 Å². The first-order chi connectivity index (χ1) is 14.5. The van der Waals surface area contributed by atoms with Gasteiger partial charge in [-0.15, -0.1) is 0 Å². The van der Waals surface area contributed by atoms with Crippen LogP contribution in [0.4, 0.5) is 26.3 Å². The summed E-state index contributed by atoms with van der Waals surface area (Å²) >= 11 is 0. The fraction of sp³-hybridized carbons (Fsp3) is 0.250. The van der Waals surface area contributed by atoms with Crippen LogP contribution in [0, 0.1) is 0 Å². The molecule has 2 N–H and O–H groups in total. The number of hydrogen-bond donors (Lipinski definition) is 2. The number of rotatable bonds is 6. The van der Waals surface area contributed by atoms with Gasteiger partial charge in [0.25, 0.3) is 0 Å². The van der Waals surface area contributed by atoms with Gasteiger partial charge in [-0.3, -0.25) is 19.6 Å². The molecule has 0 amide bonds. The van der Waals surface area contributed by atoms with Crippen molar-refractivity contribution in [2.45, 2.75) is 19.0 Å². The maximum absolute atomic E-state index is 12.7. The van der Waals surface area contributed by atoms with E-state index in [1.165, 1.54) is 12.3 Å². The van der Waals surface area contributed by atoms with E-state index >= 15 is 0 Å². The molecule has 2 rings (SSSR count). The van der Waals surface area contributed by atoms with Gasteiger partial charge in [-0.2, -0.15) is 26.3 Å². The van der Waals surface area contributed by atoms with Gasteiger partial charge in [-0.25, -0.2) is 4.57 Å². The second kappa shape index (κ2) is 11.1. The van der Waals surface area contributed by atoms with Gasteiger partial charge >= 0.3 is 27.4 Å². The lowest BCUT2D eigenvalue weighted by molar-refractivity contribution is -0.160. The molecule has 0 bridgehead atoms. The summed E-state index contributed by atoms with van der Waals surface area (Å²) in [6, 6.07) is 5.70. The van der Waals surface area contributed by atoms with E-state index in [1.807, 2.05) is 0 Å². The third-order valence-corrected chi connectivity index (χ3v) is 5.01. The van der Waals surface area contributed by atoms with Crippen molar-refractivity contribution >= 4 is 20.8 Å². The molecule has 0 fully saturated rings. The van der Waals surface area contributed by atoms with Gasteiger partial charge in [0, 0.05) is 6.20 Å². The van der Waals surface area contributed by atoms with Gasteiger partial charge < -0.3 is 9.63 Å². The molecule has 1 aromatic carbocycles. The molecule has 0 saturated heterocycles. The number of carbonyl (C=O) groups is 1. The summed E-state index contributed by atoms with van der Waals surface area (Å²) in [6.45, 7) is -1.10. The minimum absolute atomic E-state index is 0.0303. The zero-order valence-corrected chi connectivity index (χ0v) is 17.3. The Kier molecular flexibility index (Phi) is 9.64. The molecule has 2 aromatic rings. The van der Waals surface area contributed by atoms with Crippen LogP contribution in [0.25, 0.3) is 0 Å². The van der Waals surface area contributed by atoms with Crippen LogP contribution in [0.1, 0.15) is 27.2 Å². The number of ether oxygens (including phenoxy) is 1. The minimum atomic E-state index is -4.93. The summed E-state index contributed by atoms with van der Waals surface area (Å²) in [7, 11) is -8.36. The SMILES string of the molecule is O=C(COCc1cc(C(F)(F)F)cc(C(F)(F)F)c1)c1ccccn1.O=[P+]([O-])P(=O)(O)O. The van der Waals surface area contributed by atoms with E-state index < -0.39 is 57.5 Å². The Morgan fingerprint density at radius 3 is 1.94 bits per heavy atom. The standard InChI is InChI=1S/C16H11F6NO2.H2O5P2/c17-15(18,19)11-5-10(6-12(7-11)16(20,21)22)8-25-9-14(24)13-3-1-2-4-23-13;1-6(2)7(3,4)5/h1-7H,8-9H2;(H2,3,4,5). The van der Waals surface area contributed by atoms with Gasteiger partial charge in [0.1, 0.15) is 12.3 Å². The quantitative estimate of drug-likeness (QED) is 0.343. The van der Waals surface area contributed by atoms with Crippen molar-refractivity contribution in [3.05, 3.63) is 65.0 Å². The second-order valence-corrected chi connectivity index (χ2v) is 9.84. The zero-order valence-electron chi connectivity index (χ0n) is 15.5. The molecule has 176 valence electrons. The number of nitrogens with zero attached hydrogens (tertiary/aromatic N) is 1. The number of benzene rings is 1. The topological polar surface area (TPSA) is 137 Å². The molecule has 0 aliphatic carbocycles. The summed E-state index contributed by atoms with van der Waals surface area (Å²) in [4.78, 5) is 40.0. The molecular formula is C16H13F6NO7P2. The maximum atomic E-state index is 12.7. The lowest BCUT2D eigenvalue weighted by Gasteiger charge is -2.14. The van der Waals surface area contributed by atoms with Crippen LogP contribution in [0.15, 0.2) is 42.6 Å². The zero-order chi connectivity index (χ0) is 24.7. The predicted molar refractivity (Wildman–Crippen MR) is 94.3 cm³/mol. The molecular weight excluding hydrogens is 494 g/mol. The lowest BCUT2D eigenvalue weighted by Crippen LogP contribution is -2.13. The Bertz CT molecular complexity index is 960. The molecule has 1 heterocycles. The fourth-order valence-corrected chi connectivity index (χ4v) is 1.97. The van der Waals surface area contributed by atoms with Crippen molar-refractivity contribution in [1.82, 2.24) is 4.98 Å². The van der Waals surface area contributed by atoms with Crippen molar-refractivity contribution < 1.29 is 59.7 Å². The summed E-state index contributed by atoms with van der Waals surface area (Å²) in [5, 5.41) is 0. The van der Waals surface area contributed by atoms with Crippen molar-refractivity contribution in [2.75, 3.05) is 6.61 Å². The molecule has 0 spiro atoms. The molecule has 32 heavy (non-hydrogen) atoms. The third-order valence-electron chi connectivity index (χ3n) is 3.31. The van der Waals surface area contributed by atoms with E-state index in [4.69, 9.17) is 14.5 Å². The number of alkyl halides is 6. The number of hydrogen-bond acceptors (Lipinski definition) is 6. The average Bonchev–Trinajstić information content (AvgIpc) is 2.66.